The summed E-state index contributed by atoms with van der Waals surface area (Å²) in [5, 5.41) is 0. The van der Waals surface area contributed by atoms with Crippen LogP contribution in [0.4, 0.5) is 0 Å². The van der Waals surface area contributed by atoms with Crippen LogP contribution in [0, 0.1) is 5.92 Å². The first-order chi connectivity index (χ1) is 10.0. The van der Waals surface area contributed by atoms with E-state index in [0.717, 1.165) is 4.46 Å². The summed E-state index contributed by atoms with van der Waals surface area (Å²) in [6.07, 6.45) is 2.63. The van der Waals surface area contributed by atoms with Gasteiger partial charge in [-0.3, -0.25) is 0 Å². The third kappa shape index (κ3) is 7.11. The van der Waals surface area contributed by atoms with Crippen LogP contribution in [-0.2, 0) is 19.1 Å². The Morgan fingerprint density at radius 2 is 1.90 bits per heavy atom. The molecule has 0 radical (unpaired) electrons. The summed E-state index contributed by atoms with van der Waals surface area (Å²) in [4.78, 5) is 23.1. The van der Waals surface area contributed by atoms with E-state index in [0.29, 0.717) is 6.42 Å². The molecule has 0 aliphatic carbocycles. The topological polar surface area (TPSA) is 52.6 Å². The normalized spacial score (nSPS) is 12.4. The Balaban J connectivity index is 2.52. The van der Waals surface area contributed by atoms with Crippen molar-refractivity contribution in [3.8, 4) is 0 Å². The standard InChI is InChI=1S/C16H20O4Se/c1-12(2)14(20-10-9-15(17)19-3)11-16(18)21-13-7-5-4-6-8-13/h4-10,12,14H,11H2,1-3H3/b10-9+. The molecule has 0 spiro atoms. The first kappa shape index (κ1) is 17.5. The number of methoxy groups -OCH3 is 1. The summed E-state index contributed by atoms with van der Waals surface area (Å²) in [7, 11) is 1.30. The van der Waals surface area contributed by atoms with Crippen LogP contribution in [0.3, 0.4) is 0 Å². The number of rotatable bonds is 8. The van der Waals surface area contributed by atoms with Gasteiger partial charge in [-0.25, -0.2) is 0 Å². The van der Waals surface area contributed by atoms with Gasteiger partial charge < -0.3 is 0 Å². The fourth-order valence-corrected chi connectivity index (χ4v) is 3.22. The van der Waals surface area contributed by atoms with Gasteiger partial charge >= 0.3 is 131 Å². The quantitative estimate of drug-likeness (QED) is 0.308. The Bertz CT molecular complexity index is 482. The van der Waals surface area contributed by atoms with E-state index in [4.69, 9.17) is 4.74 Å². The van der Waals surface area contributed by atoms with Crippen molar-refractivity contribution >= 4 is 30.1 Å². The molecule has 0 amide bonds. The molecule has 1 aromatic carbocycles. The molecule has 0 bridgehead atoms. The molecular formula is C16H20O4Se. The molecule has 1 rings (SSSR count). The van der Waals surface area contributed by atoms with Gasteiger partial charge in [-0.1, -0.05) is 0 Å². The monoisotopic (exact) mass is 356 g/mol. The first-order valence-electron chi connectivity index (χ1n) is 6.68. The zero-order valence-corrected chi connectivity index (χ0v) is 14.2. The molecule has 114 valence electrons. The first-order valence-corrected chi connectivity index (χ1v) is 8.40. The van der Waals surface area contributed by atoms with Crippen LogP contribution in [0.2, 0.25) is 0 Å². The van der Waals surface area contributed by atoms with E-state index in [1.54, 1.807) is 0 Å². The molecule has 0 N–H and O–H groups in total. The summed E-state index contributed by atoms with van der Waals surface area (Å²) in [5.74, 6) is -0.292. The van der Waals surface area contributed by atoms with E-state index >= 15 is 0 Å². The Kier molecular flexibility index (Phi) is 7.80. The Labute approximate surface area is 131 Å². The van der Waals surface area contributed by atoms with Gasteiger partial charge in [0.15, 0.2) is 0 Å². The van der Waals surface area contributed by atoms with Crippen molar-refractivity contribution in [2.75, 3.05) is 7.11 Å². The van der Waals surface area contributed by atoms with Gasteiger partial charge in [-0.2, -0.15) is 0 Å². The van der Waals surface area contributed by atoms with Crippen LogP contribution in [-0.4, -0.2) is 38.8 Å². The zero-order valence-electron chi connectivity index (χ0n) is 12.4. The van der Waals surface area contributed by atoms with Crippen LogP contribution in [0.15, 0.2) is 42.7 Å². The molecule has 1 atom stereocenters. The van der Waals surface area contributed by atoms with Gasteiger partial charge in [0.1, 0.15) is 0 Å². The van der Waals surface area contributed by atoms with E-state index in [1.807, 2.05) is 44.2 Å². The maximum absolute atomic E-state index is 12.1. The van der Waals surface area contributed by atoms with Gasteiger partial charge in [0, 0.05) is 0 Å². The van der Waals surface area contributed by atoms with Crippen LogP contribution < -0.4 is 4.46 Å². The number of ether oxygens (including phenoxy) is 2. The van der Waals surface area contributed by atoms with E-state index in [-0.39, 0.29) is 31.7 Å². The van der Waals surface area contributed by atoms with E-state index in [9.17, 15) is 9.59 Å². The molecule has 0 aliphatic rings. The van der Waals surface area contributed by atoms with Crippen molar-refractivity contribution < 1.29 is 19.1 Å². The van der Waals surface area contributed by atoms with Crippen LogP contribution in [0.25, 0.3) is 0 Å². The molecule has 21 heavy (non-hydrogen) atoms. The number of carbonyl (C=O) groups is 2. The van der Waals surface area contributed by atoms with Crippen molar-refractivity contribution in [1.29, 1.82) is 0 Å². The van der Waals surface area contributed by atoms with Crippen molar-refractivity contribution in [1.82, 2.24) is 0 Å². The minimum absolute atomic E-state index is 0.180. The molecule has 4 nitrogen and oxygen atoms in total. The van der Waals surface area contributed by atoms with Gasteiger partial charge in [-0.05, 0) is 0 Å². The Hall–Kier alpha value is -1.58. The summed E-state index contributed by atoms with van der Waals surface area (Å²) >= 11 is -0.205. The number of hydrogen-bond acceptors (Lipinski definition) is 4. The Morgan fingerprint density at radius 3 is 2.48 bits per heavy atom. The third-order valence-electron chi connectivity index (χ3n) is 2.74. The second kappa shape index (κ2) is 9.37. The third-order valence-corrected chi connectivity index (χ3v) is 4.64. The maximum atomic E-state index is 12.1. The SMILES string of the molecule is COC(=O)/C=C/OC(CC(=O)[Se]c1ccccc1)C(C)C. The van der Waals surface area contributed by atoms with Gasteiger partial charge in [-0.15, -0.1) is 0 Å². The second-order valence-electron chi connectivity index (χ2n) is 4.74. The van der Waals surface area contributed by atoms with E-state index in [2.05, 4.69) is 4.74 Å². The molecule has 0 saturated heterocycles. The molecule has 0 heterocycles. The molecule has 0 fully saturated rings. The predicted molar refractivity (Wildman–Crippen MR) is 82.3 cm³/mol. The summed E-state index contributed by atoms with van der Waals surface area (Å²) in [6.45, 7) is 3.97. The fourth-order valence-electron chi connectivity index (χ4n) is 1.53. The fraction of sp³-hybridized carbons (Fsp3) is 0.375. The molecule has 0 saturated carbocycles. The molecule has 5 heteroatoms. The van der Waals surface area contributed by atoms with Gasteiger partial charge in [0.2, 0.25) is 0 Å². The molecular weight excluding hydrogens is 335 g/mol. The second-order valence-corrected chi connectivity index (χ2v) is 7.11. The molecule has 1 unspecified atom stereocenters. The van der Waals surface area contributed by atoms with Crippen LogP contribution >= 0.6 is 0 Å². The number of hydrogen-bond donors (Lipinski definition) is 0. The van der Waals surface area contributed by atoms with Gasteiger partial charge in [0.25, 0.3) is 0 Å². The van der Waals surface area contributed by atoms with Gasteiger partial charge in [0.05, 0.1) is 0 Å². The summed E-state index contributed by atoms with van der Waals surface area (Å²) in [5.41, 5.74) is 0. The van der Waals surface area contributed by atoms with E-state index < -0.39 is 5.97 Å². The number of benzene rings is 1. The van der Waals surface area contributed by atoms with E-state index in [1.165, 1.54) is 19.4 Å². The van der Waals surface area contributed by atoms with Crippen molar-refractivity contribution in [3.63, 3.8) is 0 Å². The summed E-state index contributed by atoms with van der Waals surface area (Å²) in [6, 6.07) is 9.71. The zero-order chi connectivity index (χ0) is 15.7. The molecule has 1 aromatic rings. The Morgan fingerprint density at radius 1 is 1.24 bits per heavy atom. The van der Waals surface area contributed by atoms with Crippen molar-refractivity contribution in [2.24, 2.45) is 5.92 Å². The average molecular weight is 355 g/mol. The van der Waals surface area contributed by atoms with Crippen molar-refractivity contribution in [3.05, 3.63) is 42.7 Å². The van der Waals surface area contributed by atoms with Crippen molar-refractivity contribution in [2.45, 2.75) is 26.4 Å². The number of esters is 1. The minimum atomic E-state index is -0.475. The average Bonchev–Trinajstić information content (AvgIpc) is 2.46. The predicted octanol–water partition coefficient (Wildman–Crippen LogP) is 1.66. The molecule has 0 aromatic heterocycles. The molecule has 0 aliphatic heterocycles. The van der Waals surface area contributed by atoms with Crippen LogP contribution in [0.1, 0.15) is 20.3 Å². The number of carbonyl (C=O) groups excluding carboxylic acids is 2. The summed E-state index contributed by atoms with van der Waals surface area (Å²) < 4.78 is 11.2. The van der Waals surface area contributed by atoms with Crippen LogP contribution in [0.5, 0.6) is 0 Å².